The Hall–Kier alpha value is -2.04. The van der Waals surface area contributed by atoms with Gasteiger partial charge < -0.3 is 15.1 Å². The predicted molar refractivity (Wildman–Crippen MR) is 97.1 cm³/mol. The van der Waals surface area contributed by atoms with Crippen molar-refractivity contribution in [2.45, 2.75) is 40.0 Å². The maximum absolute atomic E-state index is 12.4. The molecular weight excluding hydrogens is 302 g/mol. The van der Waals surface area contributed by atoms with E-state index < -0.39 is 0 Å². The molecular formula is C19H29N3O2. The minimum Gasteiger partial charge on any atom is -0.343 e. The van der Waals surface area contributed by atoms with Gasteiger partial charge in [0.1, 0.15) is 0 Å². The van der Waals surface area contributed by atoms with Crippen LogP contribution in [0, 0.1) is 5.92 Å². The van der Waals surface area contributed by atoms with Crippen molar-refractivity contribution in [3.8, 4) is 0 Å². The van der Waals surface area contributed by atoms with Gasteiger partial charge in [-0.05, 0) is 50.8 Å². The van der Waals surface area contributed by atoms with E-state index in [0.29, 0.717) is 13.1 Å². The van der Waals surface area contributed by atoms with Gasteiger partial charge in [0.15, 0.2) is 0 Å². The van der Waals surface area contributed by atoms with Gasteiger partial charge >= 0.3 is 6.03 Å². The van der Waals surface area contributed by atoms with E-state index in [0.717, 1.165) is 38.0 Å². The van der Waals surface area contributed by atoms with Crippen LogP contribution in [0.3, 0.4) is 0 Å². The molecule has 132 valence electrons. The molecule has 1 aromatic carbocycles. The monoisotopic (exact) mass is 331 g/mol. The number of anilines is 1. The van der Waals surface area contributed by atoms with Gasteiger partial charge in [-0.25, -0.2) is 4.79 Å². The highest BCUT2D eigenvalue weighted by Crippen LogP contribution is 2.21. The number of urea groups is 1. The number of hydrogen-bond acceptors (Lipinski definition) is 2. The lowest BCUT2D eigenvalue weighted by atomic mass is 9.95. The molecule has 1 fully saturated rings. The number of carbonyl (C=O) groups is 2. The molecule has 0 unspecified atom stereocenters. The van der Waals surface area contributed by atoms with Crippen LogP contribution in [0.1, 0.15) is 39.2 Å². The van der Waals surface area contributed by atoms with Crippen LogP contribution in [0.15, 0.2) is 24.3 Å². The minimum absolute atomic E-state index is 0.0531. The van der Waals surface area contributed by atoms with Crippen LogP contribution >= 0.6 is 0 Å². The summed E-state index contributed by atoms with van der Waals surface area (Å²) in [6, 6.07) is 7.86. The average molecular weight is 331 g/mol. The number of hydrogen-bond donors (Lipinski definition) is 1. The Bertz CT molecular complexity index is 561. The first-order valence-corrected chi connectivity index (χ1v) is 9.02. The summed E-state index contributed by atoms with van der Waals surface area (Å²) in [7, 11) is 0. The summed E-state index contributed by atoms with van der Waals surface area (Å²) in [6.45, 7) is 8.89. The Kier molecular flexibility index (Phi) is 6.64. The molecule has 0 bridgehead atoms. The number of likely N-dealkylation sites (tertiary alicyclic amines) is 1. The Labute approximate surface area is 145 Å². The smallest absolute Gasteiger partial charge is 0.321 e. The summed E-state index contributed by atoms with van der Waals surface area (Å²) in [6.07, 6.45) is 2.44. The Morgan fingerprint density at radius 3 is 2.42 bits per heavy atom. The zero-order valence-corrected chi connectivity index (χ0v) is 15.0. The molecule has 3 amide bonds. The molecule has 5 nitrogen and oxygen atoms in total. The largest absolute Gasteiger partial charge is 0.343 e. The highest BCUT2D eigenvalue weighted by atomic mass is 16.2. The van der Waals surface area contributed by atoms with Crippen molar-refractivity contribution >= 4 is 17.6 Å². The first-order valence-electron chi connectivity index (χ1n) is 9.02. The van der Waals surface area contributed by atoms with Crippen LogP contribution < -0.4 is 5.32 Å². The number of nitrogens with one attached hydrogen (secondary N) is 1. The second-order valence-electron chi connectivity index (χ2n) is 6.26. The standard InChI is InChI=1S/C19H29N3O2/c1-4-15-8-7-9-17(14-15)20-19(24)22-12-10-16(11-13-22)18(23)21(5-2)6-3/h7-9,14,16H,4-6,10-13H2,1-3H3,(H,20,24). The molecule has 0 aliphatic carbocycles. The summed E-state index contributed by atoms with van der Waals surface area (Å²) >= 11 is 0. The molecule has 0 aromatic heterocycles. The summed E-state index contributed by atoms with van der Waals surface area (Å²) < 4.78 is 0. The number of nitrogens with zero attached hydrogens (tertiary/aromatic N) is 2. The Morgan fingerprint density at radius 1 is 1.17 bits per heavy atom. The number of benzene rings is 1. The lowest BCUT2D eigenvalue weighted by molar-refractivity contribution is -0.136. The van der Waals surface area contributed by atoms with Crippen LogP contribution in [0.5, 0.6) is 0 Å². The van der Waals surface area contributed by atoms with Gasteiger partial charge in [-0.1, -0.05) is 19.1 Å². The molecule has 0 spiro atoms. The van der Waals surface area contributed by atoms with E-state index in [1.54, 1.807) is 0 Å². The van der Waals surface area contributed by atoms with E-state index in [1.807, 2.05) is 41.8 Å². The molecule has 2 rings (SSSR count). The molecule has 1 aliphatic heterocycles. The fraction of sp³-hybridized carbons (Fsp3) is 0.579. The van der Waals surface area contributed by atoms with E-state index in [1.165, 1.54) is 5.56 Å². The average Bonchev–Trinajstić information content (AvgIpc) is 2.63. The molecule has 1 saturated heterocycles. The van der Waals surface area contributed by atoms with Crippen molar-refractivity contribution in [1.82, 2.24) is 9.80 Å². The van der Waals surface area contributed by atoms with Crippen LogP contribution in [0.2, 0.25) is 0 Å². The SMILES string of the molecule is CCc1cccc(NC(=O)N2CCC(C(=O)N(CC)CC)CC2)c1. The van der Waals surface area contributed by atoms with Crippen molar-refractivity contribution in [3.63, 3.8) is 0 Å². The third-order valence-corrected chi connectivity index (χ3v) is 4.79. The molecule has 1 N–H and O–H groups in total. The quantitative estimate of drug-likeness (QED) is 0.899. The van der Waals surface area contributed by atoms with Crippen LogP contribution in [-0.4, -0.2) is 47.9 Å². The second-order valence-corrected chi connectivity index (χ2v) is 6.26. The van der Waals surface area contributed by atoms with Gasteiger partial charge in [-0.2, -0.15) is 0 Å². The van der Waals surface area contributed by atoms with Crippen LogP contribution in [0.25, 0.3) is 0 Å². The van der Waals surface area contributed by atoms with Crippen molar-refractivity contribution in [1.29, 1.82) is 0 Å². The van der Waals surface area contributed by atoms with Crippen LogP contribution in [-0.2, 0) is 11.2 Å². The summed E-state index contributed by atoms with van der Waals surface area (Å²) in [5.41, 5.74) is 2.04. The first-order chi connectivity index (χ1) is 11.6. The number of piperidine rings is 1. The summed E-state index contributed by atoms with van der Waals surface area (Å²) in [5.74, 6) is 0.285. The lowest BCUT2D eigenvalue weighted by Crippen LogP contribution is -2.45. The molecule has 1 aliphatic rings. The zero-order valence-electron chi connectivity index (χ0n) is 15.0. The van der Waals surface area contributed by atoms with E-state index in [4.69, 9.17) is 0 Å². The van der Waals surface area contributed by atoms with Gasteiger partial charge in [0.05, 0.1) is 0 Å². The third kappa shape index (κ3) is 4.49. The maximum atomic E-state index is 12.4. The highest BCUT2D eigenvalue weighted by Gasteiger charge is 2.29. The summed E-state index contributed by atoms with van der Waals surface area (Å²) in [5, 5.41) is 2.97. The normalized spacial score (nSPS) is 15.2. The van der Waals surface area contributed by atoms with E-state index in [2.05, 4.69) is 18.3 Å². The van der Waals surface area contributed by atoms with E-state index in [9.17, 15) is 9.59 Å². The summed E-state index contributed by atoms with van der Waals surface area (Å²) in [4.78, 5) is 28.5. The highest BCUT2D eigenvalue weighted by molar-refractivity contribution is 5.89. The Morgan fingerprint density at radius 2 is 1.83 bits per heavy atom. The molecule has 24 heavy (non-hydrogen) atoms. The van der Waals surface area contributed by atoms with Gasteiger partial charge in [0.25, 0.3) is 0 Å². The maximum Gasteiger partial charge on any atom is 0.321 e. The molecule has 0 atom stereocenters. The van der Waals surface area contributed by atoms with Crippen LogP contribution in [0.4, 0.5) is 10.5 Å². The number of carbonyl (C=O) groups excluding carboxylic acids is 2. The molecule has 1 aromatic rings. The second kappa shape index (κ2) is 8.71. The van der Waals surface area contributed by atoms with Crippen molar-refractivity contribution in [3.05, 3.63) is 29.8 Å². The minimum atomic E-state index is -0.0722. The topological polar surface area (TPSA) is 52.7 Å². The van der Waals surface area contributed by atoms with E-state index in [-0.39, 0.29) is 17.9 Å². The van der Waals surface area contributed by atoms with Crippen molar-refractivity contribution < 1.29 is 9.59 Å². The number of rotatable bonds is 5. The molecule has 0 radical (unpaired) electrons. The number of amides is 3. The van der Waals surface area contributed by atoms with Gasteiger partial charge in [-0.15, -0.1) is 0 Å². The lowest BCUT2D eigenvalue weighted by Gasteiger charge is -2.33. The number of aryl methyl sites for hydroxylation is 1. The van der Waals surface area contributed by atoms with E-state index >= 15 is 0 Å². The van der Waals surface area contributed by atoms with Crippen molar-refractivity contribution in [2.24, 2.45) is 5.92 Å². The van der Waals surface area contributed by atoms with Gasteiger partial charge in [-0.3, -0.25) is 4.79 Å². The molecule has 0 saturated carbocycles. The Balaban J connectivity index is 1.87. The first kappa shape index (κ1) is 18.3. The fourth-order valence-corrected chi connectivity index (χ4v) is 3.19. The third-order valence-electron chi connectivity index (χ3n) is 4.79. The molecule has 1 heterocycles. The van der Waals surface area contributed by atoms with Gasteiger partial charge in [0.2, 0.25) is 5.91 Å². The zero-order chi connectivity index (χ0) is 17.5. The predicted octanol–water partition coefficient (Wildman–Crippen LogP) is 3.36. The fourth-order valence-electron chi connectivity index (χ4n) is 3.19. The van der Waals surface area contributed by atoms with Gasteiger partial charge in [0, 0.05) is 37.8 Å². The molecule has 5 heteroatoms. The van der Waals surface area contributed by atoms with Crippen molar-refractivity contribution in [2.75, 3.05) is 31.5 Å².